The van der Waals surface area contributed by atoms with Crippen LogP contribution in [0.1, 0.15) is 19.3 Å². The van der Waals surface area contributed by atoms with Gasteiger partial charge in [-0.1, -0.05) is 0 Å². The van der Waals surface area contributed by atoms with E-state index in [1.54, 1.807) is 14.2 Å². The number of carbonyl (C=O) groups excluding carboxylic acids is 1. The predicted molar refractivity (Wildman–Crippen MR) is 50.6 cm³/mol. The summed E-state index contributed by atoms with van der Waals surface area (Å²) in [6.45, 7) is 1.99. The number of amides is 1. The third-order valence-electron chi connectivity index (χ3n) is 1.64. The predicted octanol–water partition coefficient (Wildman–Crippen LogP) is 0.566. The van der Waals surface area contributed by atoms with E-state index in [1.807, 2.05) is 0 Å². The molecule has 0 aliphatic heterocycles. The molecule has 0 saturated carbocycles. The fourth-order valence-electron chi connectivity index (χ4n) is 0.842. The number of hydrogen-bond donors (Lipinski definition) is 1. The number of rotatable bonds is 8. The number of unbranched alkanes of at least 4 members (excludes halogenated alkanes) is 1. The summed E-state index contributed by atoms with van der Waals surface area (Å²) in [7, 11) is 3.31. The summed E-state index contributed by atoms with van der Waals surface area (Å²) in [6, 6.07) is 0. The van der Waals surface area contributed by atoms with Crippen LogP contribution in [-0.4, -0.2) is 39.9 Å². The van der Waals surface area contributed by atoms with Crippen molar-refractivity contribution in [1.82, 2.24) is 5.32 Å². The van der Waals surface area contributed by atoms with Crippen molar-refractivity contribution >= 4 is 5.91 Å². The SMILES string of the molecule is CNC(=O)CCOCCCCOC. The molecule has 1 N–H and O–H groups in total. The van der Waals surface area contributed by atoms with E-state index in [0.29, 0.717) is 19.6 Å². The molecule has 1 amide bonds. The van der Waals surface area contributed by atoms with Crippen LogP contribution in [0.4, 0.5) is 0 Å². The first kappa shape index (κ1) is 12.4. The number of carbonyl (C=O) groups is 1. The van der Waals surface area contributed by atoms with Crippen molar-refractivity contribution in [3.8, 4) is 0 Å². The van der Waals surface area contributed by atoms with E-state index in [0.717, 1.165) is 19.4 Å². The molecule has 0 aliphatic carbocycles. The number of ether oxygens (including phenoxy) is 2. The minimum Gasteiger partial charge on any atom is -0.385 e. The molecule has 4 nitrogen and oxygen atoms in total. The average molecular weight is 189 g/mol. The van der Waals surface area contributed by atoms with Crippen LogP contribution in [0, 0.1) is 0 Å². The van der Waals surface area contributed by atoms with E-state index in [4.69, 9.17) is 9.47 Å². The Bertz CT molecular complexity index is 128. The molecule has 78 valence electrons. The summed E-state index contributed by atoms with van der Waals surface area (Å²) in [4.78, 5) is 10.7. The Morgan fingerprint density at radius 1 is 1.23 bits per heavy atom. The summed E-state index contributed by atoms with van der Waals surface area (Å²) < 4.78 is 10.1. The molecular formula is C9H19NO3. The first-order valence-corrected chi connectivity index (χ1v) is 4.58. The lowest BCUT2D eigenvalue weighted by Gasteiger charge is -2.03. The number of methoxy groups -OCH3 is 1. The van der Waals surface area contributed by atoms with Crippen molar-refractivity contribution in [2.45, 2.75) is 19.3 Å². The van der Waals surface area contributed by atoms with Crippen molar-refractivity contribution in [2.24, 2.45) is 0 Å². The zero-order chi connectivity index (χ0) is 9.94. The van der Waals surface area contributed by atoms with E-state index in [1.165, 1.54) is 0 Å². The first-order chi connectivity index (χ1) is 6.31. The second-order valence-electron chi connectivity index (χ2n) is 2.74. The van der Waals surface area contributed by atoms with Crippen molar-refractivity contribution in [3.05, 3.63) is 0 Å². The highest BCUT2D eigenvalue weighted by Crippen LogP contribution is 1.91. The normalized spacial score (nSPS) is 10.0. The van der Waals surface area contributed by atoms with Gasteiger partial charge in [0.15, 0.2) is 0 Å². The molecule has 0 spiro atoms. The van der Waals surface area contributed by atoms with Crippen molar-refractivity contribution in [1.29, 1.82) is 0 Å². The van der Waals surface area contributed by atoms with Gasteiger partial charge >= 0.3 is 0 Å². The lowest BCUT2D eigenvalue weighted by Crippen LogP contribution is -2.19. The van der Waals surface area contributed by atoms with E-state index in [2.05, 4.69) is 5.32 Å². The third kappa shape index (κ3) is 9.30. The van der Waals surface area contributed by atoms with Gasteiger partial charge in [-0.15, -0.1) is 0 Å². The maximum atomic E-state index is 10.7. The summed E-state index contributed by atoms with van der Waals surface area (Å²) in [6.07, 6.45) is 2.44. The van der Waals surface area contributed by atoms with E-state index in [9.17, 15) is 4.79 Å². The topological polar surface area (TPSA) is 47.6 Å². The zero-order valence-corrected chi connectivity index (χ0v) is 8.47. The second kappa shape index (κ2) is 9.48. The van der Waals surface area contributed by atoms with E-state index in [-0.39, 0.29) is 5.91 Å². The lowest BCUT2D eigenvalue weighted by molar-refractivity contribution is -0.121. The van der Waals surface area contributed by atoms with Gasteiger partial charge in [0.2, 0.25) is 5.91 Å². The molecule has 0 aliphatic rings. The third-order valence-corrected chi connectivity index (χ3v) is 1.64. The second-order valence-corrected chi connectivity index (χ2v) is 2.74. The molecule has 0 saturated heterocycles. The maximum absolute atomic E-state index is 10.7. The fourth-order valence-corrected chi connectivity index (χ4v) is 0.842. The Morgan fingerprint density at radius 3 is 2.54 bits per heavy atom. The largest absolute Gasteiger partial charge is 0.385 e. The van der Waals surface area contributed by atoms with Crippen LogP contribution in [0.2, 0.25) is 0 Å². The molecule has 13 heavy (non-hydrogen) atoms. The lowest BCUT2D eigenvalue weighted by atomic mass is 10.3. The molecule has 0 atom stereocenters. The van der Waals surface area contributed by atoms with E-state index >= 15 is 0 Å². The van der Waals surface area contributed by atoms with Crippen molar-refractivity contribution < 1.29 is 14.3 Å². The highest BCUT2D eigenvalue weighted by Gasteiger charge is 1.96. The van der Waals surface area contributed by atoms with Gasteiger partial charge in [-0.2, -0.15) is 0 Å². The monoisotopic (exact) mass is 189 g/mol. The molecule has 0 aromatic heterocycles. The Kier molecular flexibility index (Phi) is 9.03. The molecule has 4 heteroatoms. The Labute approximate surface area is 79.6 Å². The molecule has 0 rings (SSSR count). The molecule has 0 aromatic carbocycles. The number of nitrogens with one attached hydrogen (secondary N) is 1. The van der Waals surface area contributed by atoms with Crippen LogP contribution in [0.3, 0.4) is 0 Å². The standard InChI is InChI=1S/C9H19NO3/c1-10-9(11)5-8-13-7-4-3-6-12-2/h3-8H2,1-2H3,(H,10,11). The molecule has 0 bridgehead atoms. The molecule has 0 radical (unpaired) electrons. The summed E-state index contributed by atoms with van der Waals surface area (Å²) in [5, 5.41) is 2.54. The summed E-state index contributed by atoms with van der Waals surface area (Å²) in [5.74, 6) is 0.0249. The minimum atomic E-state index is 0.0249. The van der Waals surface area contributed by atoms with Gasteiger partial charge < -0.3 is 14.8 Å². The van der Waals surface area contributed by atoms with Gasteiger partial charge in [-0.25, -0.2) is 0 Å². The quantitative estimate of drug-likeness (QED) is 0.568. The van der Waals surface area contributed by atoms with Crippen LogP contribution in [0.5, 0.6) is 0 Å². The molecule has 0 aromatic rings. The molecule has 0 heterocycles. The highest BCUT2D eigenvalue weighted by molar-refractivity contribution is 5.75. The Balaban J connectivity index is 2.95. The fraction of sp³-hybridized carbons (Fsp3) is 0.889. The van der Waals surface area contributed by atoms with Gasteiger partial charge in [-0.3, -0.25) is 4.79 Å². The van der Waals surface area contributed by atoms with Crippen LogP contribution in [0.15, 0.2) is 0 Å². The highest BCUT2D eigenvalue weighted by atomic mass is 16.5. The summed E-state index contributed by atoms with van der Waals surface area (Å²) >= 11 is 0. The summed E-state index contributed by atoms with van der Waals surface area (Å²) in [5.41, 5.74) is 0. The number of hydrogen-bond acceptors (Lipinski definition) is 3. The van der Waals surface area contributed by atoms with Gasteiger partial charge in [0.1, 0.15) is 0 Å². The molecule has 0 unspecified atom stereocenters. The van der Waals surface area contributed by atoms with E-state index < -0.39 is 0 Å². The van der Waals surface area contributed by atoms with Crippen LogP contribution >= 0.6 is 0 Å². The van der Waals surface area contributed by atoms with Crippen LogP contribution < -0.4 is 5.32 Å². The minimum absolute atomic E-state index is 0.0249. The van der Waals surface area contributed by atoms with Crippen molar-refractivity contribution in [3.63, 3.8) is 0 Å². The van der Waals surface area contributed by atoms with Gasteiger partial charge in [0.05, 0.1) is 6.61 Å². The average Bonchev–Trinajstić information content (AvgIpc) is 2.16. The van der Waals surface area contributed by atoms with Crippen LogP contribution in [-0.2, 0) is 14.3 Å². The van der Waals surface area contributed by atoms with Gasteiger partial charge in [0.25, 0.3) is 0 Å². The maximum Gasteiger partial charge on any atom is 0.222 e. The smallest absolute Gasteiger partial charge is 0.222 e. The Hall–Kier alpha value is -0.610. The van der Waals surface area contributed by atoms with Gasteiger partial charge in [-0.05, 0) is 12.8 Å². The first-order valence-electron chi connectivity index (χ1n) is 4.58. The van der Waals surface area contributed by atoms with Crippen molar-refractivity contribution in [2.75, 3.05) is 34.0 Å². The molecular weight excluding hydrogens is 170 g/mol. The Morgan fingerprint density at radius 2 is 1.92 bits per heavy atom. The zero-order valence-electron chi connectivity index (χ0n) is 8.47. The van der Waals surface area contributed by atoms with Crippen LogP contribution in [0.25, 0.3) is 0 Å². The molecule has 0 fully saturated rings. The van der Waals surface area contributed by atoms with Gasteiger partial charge in [0, 0.05) is 33.8 Å².